The van der Waals surface area contributed by atoms with Gasteiger partial charge in [-0.05, 0) is 51.8 Å². The summed E-state index contributed by atoms with van der Waals surface area (Å²) in [5.41, 5.74) is 3.18. The number of halogens is 1. The summed E-state index contributed by atoms with van der Waals surface area (Å²) in [4.78, 5) is 7.33. The third kappa shape index (κ3) is 5.23. The fraction of sp³-hybridized carbons (Fsp3) is 0.400. The number of hydrogen-bond acceptors (Lipinski definition) is 5. The number of nitrogens with one attached hydrogen (secondary N) is 2. The first-order valence-corrected chi connectivity index (χ1v) is 11.2. The normalized spacial score (nSPS) is 15.3. The Kier molecular flexibility index (Phi) is 6.26. The van der Waals surface area contributed by atoms with Gasteiger partial charge in [0.25, 0.3) is 0 Å². The van der Waals surface area contributed by atoms with E-state index in [1.54, 1.807) is 13.2 Å². The summed E-state index contributed by atoms with van der Waals surface area (Å²) in [7, 11) is 1.64. The van der Waals surface area contributed by atoms with Crippen LogP contribution in [0.5, 0.6) is 5.75 Å². The van der Waals surface area contributed by atoms with Crippen LogP contribution >= 0.6 is 11.6 Å². The summed E-state index contributed by atoms with van der Waals surface area (Å²) in [5, 5.41) is 9.00. The average molecular weight is 439 g/mol. The molecule has 1 fully saturated rings. The van der Waals surface area contributed by atoms with Crippen molar-refractivity contribution in [2.45, 2.75) is 45.2 Å². The molecule has 5 nitrogen and oxygen atoms in total. The van der Waals surface area contributed by atoms with Crippen molar-refractivity contribution >= 4 is 39.7 Å². The molecule has 1 aromatic heterocycles. The Bertz CT molecular complexity index is 1060. The summed E-state index contributed by atoms with van der Waals surface area (Å²) >= 11 is 6.12. The SMILES string of the molecule is COc1cc(Cl)ccc1Nc1cc(N2CCC(NC(C)(C)C)CC2)c2ccccc2n1. The summed E-state index contributed by atoms with van der Waals surface area (Å²) in [6.45, 7) is 8.74. The molecule has 0 atom stereocenters. The van der Waals surface area contributed by atoms with Gasteiger partial charge in [-0.25, -0.2) is 4.98 Å². The Morgan fingerprint density at radius 2 is 1.81 bits per heavy atom. The minimum atomic E-state index is 0.144. The van der Waals surface area contributed by atoms with Crippen molar-refractivity contribution in [2.24, 2.45) is 0 Å². The number of aromatic nitrogens is 1. The molecule has 2 heterocycles. The highest BCUT2D eigenvalue weighted by Gasteiger charge is 2.24. The maximum atomic E-state index is 6.12. The maximum absolute atomic E-state index is 6.12. The van der Waals surface area contributed by atoms with E-state index in [1.165, 1.54) is 11.1 Å². The Hall–Kier alpha value is -2.50. The van der Waals surface area contributed by atoms with E-state index in [0.29, 0.717) is 16.8 Å². The van der Waals surface area contributed by atoms with E-state index in [-0.39, 0.29) is 5.54 Å². The number of pyridine rings is 1. The van der Waals surface area contributed by atoms with Crippen molar-refractivity contribution in [1.82, 2.24) is 10.3 Å². The van der Waals surface area contributed by atoms with Gasteiger partial charge >= 0.3 is 0 Å². The molecule has 0 aliphatic carbocycles. The summed E-state index contributed by atoms with van der Waals surface area (Å²) in [6.07, 6.45) is 2.25. The van der Waals surface area contributed by atoms with Crippen LogP contribution in [0.15, 0.2) is 48.5 Å². The smallest absolute Gasteiger partial charge is 0.143 e. The molecule has 1 aliphatic heterocycles. The van der Waals surface area contributed by atoms with E-state index in [9.17, 15) is 0 Å². The molecule has 2 N–H and O–H groups in total. The van der Waals surface area contributed by atoms with Crippen LogP contribution < -0.4 is 20.3 Å². The lowest BCUT2D eigenvalue weighted by molar-refractivity contribution is 0.317. The van der Waals surface area contributed by atoms with Crippen LogP contribution in [0.4, 0.5) is 17.2 Å². The van der Waals surface area contributed by atoms with Crippen LogP contribution in [0.2, 0.25) is 5.02 Å². The van der Waals surface area contributed by atoms with Gasteiger partial charge < -0.3 is 20.3 Å². The molecule has 31 heavy (non-hydrogen) atoms. The van der Waals surface area contributed by atoms with E-state index < -0.39 is 0 Å². The van der Waals surface area contributed by atoms with Crippen molar-refractivity contribution in [1.29, 1.82) is 0 Å². The van der Waals surface area contributed by atoms with Gasteiger partial charge in [0.2, 0.25) is 0 Å². The maximum Gasteiger partial charge on any atom is 0.143 e. The van der Waals surface area contributed by atoms with E-state index >= 15 is 0 Å². The standard InChI is InChI=1S/C25H31ClN4O/c1-25(2,3)29-18-11-13-30(14-12-18)22-16-24(27-20-8-6-5-7-19(20)22)28-21-10-9-17(26)15-23(21)31-4/h5-10,15-16,18,29H,11-14H2,1-4H3,(H,27,28). The topological polar surface area (TPSA) is 49.4 Å². The summed E-state index contributed by atoms with van der Waals surface area (Å²) in [5.74, 6) is 1.49. The summed E-state index contributed by atoms with van der Waals surface area (Å²) in [6, 6.07) is 16.6. The highest BCUT2D eigenvalue weighted by atomic mass is 35.5. The quantitative estimate of drug-likeness (QED) is 0.511. The first kappa shape index (κ1) is 21.7. The number of benzene rings is 2. The lowest BCUT2D eigenvalue weighted by Gasteiger charge is -2.37. The highest BCUT2D eigenvalue weighted by molar-refractivity contribution is 6.30. The highest BCUT2D eigenvalue weighted by Crippen LogP contribution is 2.34. The Morgan fingerprint density at radius 3 is 2.52 bits per heavy atom. The molecule has 4 rings (SSSR count). The average Bonchev–Trinajstić information content (AvgIpc) is 2.74. The molecule has 1 saturated heterocycles. The molecule has 1 aliphatic rings. The third-order valence-corrected chi connectivity index (χ3v) is 5.83. The Morgan fingerprint density at radius 1 is 1.06 bits per heavy atom. The van der Waals surface area contributed by atoms with Gasteiger partial charge in [0, 0.05) is 52.9 Å². The van der Waals surface area contributed by atoms with E-state index in [0.717, 1.165) is 43.0 Å². The van der Waals surface area contributed by atoms with Crippen molar-refractivity contribution in [3.05, 3.63) is 53.6 Å². The molecule has 0 bridgehead atoms. The second-order valence-corrected chi connectivity index (χ2v) is 9.61. The van der Waals surface area contributed by atoms with Gasteiger partial charge in [-0.2, -0.15) is 0 Å². The number of piperidine rings is 1. The van der Waals surface area contributed by atoms with Crippen LogP contribution in [0.1, 0.15) is 33.6 Å². The van der Waals surface area contributed by atoms with Gasteiger partial charge in [0.1, 0.15) is 11.6 Å². The van der Waals surface area contributed by atoms with Crippen LogP contribution in [-0.2, 0) is 0 Å². The lowest BCUT2D eigenvalue weighted by atomic mass is 9.99. The molecule has 164 valence electrons. The number of anilines is 3. The first-order valence-electron chi connectivity index (χ1n) is 10.9. The van der Waals surface area contributed by atoms with Crippen molar-refractivity contribution in [3.63, 3.8) is 0 Å². The molecular formula is C25H31ClN4O. The number of ether oxygens (including phenoxy) is 1. The predicted molar refractivity (Wildman–Crippen MR) is 131 cm³/mol. The number of rotatable bonds is 5. The van der Waals surface area contributed by atoms with Gasteiger partial charge in [0.05, 0.1) is 18.3 Å². The van der Waals surface area contributed by atoms with Gasteiger partial charge in [0.15, 0.2) is 0 Å². The van der Waals surface area contributed by atoms with Crippen molar-refractivity contribution in [3.8, 4) is 5.75 Å². The zero-order chi connectivity index (χ0) is 22.0. The summed E-state index contributed by atoms with van der Waals surface area (Å²) < 4.78 is 5.49. The number of nitrogens with zero attached hydrogens (tertiary/aromatic N) is 2. The monoisotopic (exact) mass is 438 g/mol. The molecule has 0 spiro atoms. The van der Waals surface area contributed by atoms with Gasteiger partial charge in [-0.1, -0.05) is 29.8 Å². The minimum Gasteiger partial charge on any atom is -0.495 e. The molecule has 0 unspecified atom stereocenters. The molecule has 0 amide bonds. The fourth-order valence-corrected chi connectivity index (χ4v) is 4.43. The first-order chi connectivity index (χ1) is 14.8. The number of methoxy groups -OCH3 is 1. The fourth-order valence-electron chi connectivity index (χ4n) is 4.27. The largest absolute Gasteiger partial charge is 0.495 e. The lowest BCUT2D eigenvalue weighted by Crippen LogP contribution is -2.49. The molecule has 3 aromatic rings. The second kappa shape index (κ2) is 8.93. The van der Waals surface area contributed by atoms with E-state index in [4.69, 9.17) is 21.3 Å². The van der Waals surface area contributed by atoms with Crippen molar-refractivity contribution in [2.75, 3.05) is 30.4 Å². The molecular weight excluding hydrogens is 408 g/mol. The zero-order valence-electron chi connectivity index (χ0n) is 18.7. The van der Waals surface area contributed by atoms with Crippen LogP contribution in [0, 0.1) is 0 Å². The van der Waals surface area contributed by atoms with Gasteiger partial charge in [-0.3, -0.25) is 0 Å². The van der Waals surface area contributed by atoms with Crippen LogP contribution in [-0.4, -0.2) is 36.8 Å². The van der Waals surface area contributed by atoms with E-state index in [2.05, 4.69) is 60.6 Å². The number of para-hydroxylation sites is 1. The third-order valence-electron chi connectivity index (χ3n) is 5.59. The van der Waals surface area contributed by atoms with Crippen LogP contribution in [0.3, 0.4) is 0 Å². The molecule has 0 saturated carbocycles. The predicted octanol–water partition coefficient (Wildman–Crippen LogP) is 6.00. The van der Waals surface area contributed by atoms with E-state index in [1.807, 2.05) is 18.2 Å². The molecule has 0 radical (unpaired) electrons. The van der Waals surface area contributed by atoms with Crippen LogP contribution in [0.25, 0.3) is 10.9 Å². The number of hydrogen-bond donors (Lipinski definition) is 2. The molecule has 2 aromatic carbocycles. The second-order valence-electron chi connectivity index (χ2n) is 9.17. The van der Waals surface area contributed by atoms with Gasteiger partial charge in [-0.15, -0.1) is 0 Å². The molecule has 6 heteroatoms. The Labute approximate surface area is 189 Å². The zero-order valence-corrected chi connectivity index (χ0v) is 19.5. The number of fused-ring (bicyclic) bond motifs is 1. The Balaban J connectivity index is 1.62. The van der Waals surface area contributed by atoms with Crippen molar-refractivity contribution < 1.29 is 4.74 Å². The minimum absolute atomic E-state index is 0.144.